The summed E-state index contributed by atoms with van der Waals surface area (Å²) in [6.07, 6.45) is 4.08. The third-order valence-corrected chi connectivity index (χ3v) is 8.66. The molecular weight excluding hydrogens is 492 g/mol. The number of hydrogen-bond donors (Lipinski definition) is 1. The fourth-order valence-corrected chi connectivity index (χ4v) is 6.53. The third kappa shape index (κ3) is 6.15. The molecule has 0 aromatic heterocycles. The zero-order chi connectivity index (χ0) is 27.6. The molecule has 3 aliphatic heterocycles. The molecule has 3 fully saturated rings. The van der Waals surface area contributed by atoms with Gasteiger partial charge in [0.25, 0.3) is 5.91 Å². The van der Waals surface area contributed by atoms with Crippen molar-refractivity contribution < 1.29 is 24.2 Å². The number of carbonyl (C=O) groups is 2. The monoisotopic (exact) mass is 534 g/mol. The number of hydrogen-bond acceptors (Lipinski definition) is 5. The topological polar surface area (TPSA) is 79.3 Å². The van der Waals surface area contributed by atoms with Gasteiger partial charge in [-0.1, -0.05) is 54.6 Å². The van der Waals surface area contributed by atoms with Crippen LogP contribution < -0.4 is 0 Å². The Bertz CT molecular complexity index is 1130. The number of rotatable bonds is 7. The molecule has 3 heterocycles. The molecule has 2 aromatic rings. The first kappa shape index (κ1) is 27.7. The molecule has 2 amide bonds. The standard InChI is InChI=1S/C32H42N2O5/c1-23(34-20-17-32(39-30(34)36,22-31(2,3)37)27-8-5-4-6-9-27)24-11-13-25(14-12-24)26-15-18-33(19-16-26)29(35)28-10-7-21-38-28/h4-6,8-9,11-14,23,26,28,37H,7,10,15-22H2,1-3H3/t23-,28?,32?/m0/s1. The Morgan fingerprint density at radius 3 is 2.33 bits per heavy atom. The number of cyclic esters (lactones) is 1. The summed E-state index contributed by atoms with van der Waals surface area (Å²) in [7, 11) is 0. The summed E-state index contributed by atoms with van der Waals surface area (Å²) >= 11 is 0. The minimum absolute atomic E-state index is 0.131. The van der Waals surface area contributed by atoms with E-state index >= 15 is 0 Å². The number of ether oxygens (including phenoxy) is 2. The molecule has 7 nitrogen and oxygen atoms in total. The molecule has 2 unspecified atom stereocenters. The Labute approximate surface area is 232 Å². The van der Waals surface area contributed by atoms with E-state index in [-0.39, 0.29) is 24.1 Å². The van der Waals surface area contributed by atoms with Crippen LogP contribution in [0, 0.1) is 0 Å². The zero-order valence-electron chi connectivity index (χ0n) is 23.5. The molecule has 0 radical (unpaired) electrons. The number of amides is 2. The van der Waals surface area contributed by atoms with Crippen LogP contribution in [-0.4, -0.2) is 64.9 Å². The van der Waals surface area contributed by atoms with E-state index in [4.69, 9.17) is 9.47 Å². The highest BCUT2D eigenvalue weighted by molar-refractivity contribution is 5.81. The molecule has 0 saturated carbocycles. The molecule has 3 saturated heterocycles. The average molecular weight is 535 g/mol. The van der Waals surface area contributed by atoms with Crippen LogP contribution in [0.1, 0.15) is 87.9 Å². The van der Waals surface area contributed by atoms with Gasteiger partial charge in [0.15, 0.2) is 0 Å². The molecule has 2 aromatic carbocycles. The number of carbonyl (C=O) groups excluding carboxylic acids is 2. The smallest absolute Gasteiger partial charge is 0.411 e. The largest absolute Gasteiger partial charge is 0.438 e. The fourth-order valence-electron chi connectivity index (χ4n) is 6.53. The van der Waals surface area contributed by atoms with Gasteiger partial charge in [-0.2, -0.15) is 0 Å². The van der Waals surface area contributed by atoms with Gasteiger partial charge in [0.1, 0.15) is 11.7 Å². The predicted molar refractivity (Wildman–Crippen MR) is 149 cm³/mol. The third-order valence-electron chi connectivity index (χ3n) is 8.66. The molecule has 1 N–H and O–H groups in total. The minimum atomic E-state index is -0.979. The number of benzene rings is 2. The molecule has 3 aliphatic rings. The Balaban J connectivity index is 1.21. The maximum Gasteiger partial charge on any atom is 0.411 e. The summed E-state index contributed by atoms with van der Waals surface area (Å²) < 4.78 is 11.8. The first-order chi connectivity index (χ1) is 18.7. The first-order valence-electron chi connectivity index (χ1n) is 14.4. The van der Waals surface area contributed by atoms with E-state index in [9.17, 15) is 14.7 Å². The van der Waals surface area contributed by atoms with Gasteiger partial charge in [0, 0.05) is 39.1 Å². The average Bonchev–Trinajstić information content (AvgIpc) is 3.47. The van der Waals surface area contributed by atoms with E-state index in [0.717, 1.165) is 49.9 Å². The van der Waals surface area contributed by atoms with E-state index in [1.807, 2.05) is 42.2 Å². The molecule has 39 heavy (non-hydrogen) atoms. The van der Waals surface area contributed by atoms with Crippen molar-refractivity contribution in [2.24, 2.45) is 0 Å². The van der Waals surface area contributed by atoms with E-state index in [0.29, 0.717) is 31.9 Å². The Hall–Kier alpha value is -2.90. The van der Waals surface area contributed by atoms with E-state index in [1.54, 1.807) is 18.7 Å². The summed E-state index contributed by atoms with van der Waals surface area (Å²) in [4.78, 5) is 29.8. The van der Waals surface area contributed by atoms with E-state index in [1.165, 1.54) is 5.56 Å². The van der Waals surface area contributed by atoms with Crippen molar-refractivity contribution >= 4 is 12.0 Å². The Kier molecular flexibility index (Phi) is 8.01. The van der Waals surface area contributed by atoms with Gasteiger partial charge in [0.2, 0.25) is 0 Å². The SMILES string of the molecule is C[C@@H](c1ccc(C2CCN(C(=O)C3CCCO3)CC2)cc1)N1CCC(CC(C)(C)O)(c2ccccc2)OC1=O. The molecule has 0 spiro atoms. The van der Waals surface area contributed by atoms with Gasteiger partial charge >= 0.3 is 6.09 Å². The van der Waals surface area contributed by atoms with Crippen LogP contribution in [0.3, 0.4) is 0 Å². The summed E-state index contributed by atoms with van der Waals surface area (Å²) in [5.41, 5.74) is 1.44. The second-order valence-corrected chi connectivity index (χ2v) is 12.1. The fraction of sp³-hybridized carbons (Fsp3) is 0.562. The van der Waals surface area contributed by atoms with Gasteiger partial charge in [-0.25, -0.2) is 4.79 Å². The molecule has 5 rings (SSSR count). The van der Waals surface area contributed by atoms with Crippen LogP contribution in [0.25, 0.3) is 0 Å². The second-order valence-electron chi connectivity index (χ2n) is 12.1. The van der Waals surface area contributed by atoms with E-state index in [2.05, 4.69) is 24.3 Å². The lowest BCUT2D eigenvalue weighted by Gasteiger charge is -2.45. The van der Waals surface area contributed by atoms with Crippen molar-refractivity contribution in [3.8, 4) is 0 Å². The van der Waals surface area contributed by atoms with Crippen LogP contribution in [0.15, 0.2) is 54.6 Å². The van der Waals surface area contributed by atoms with Crippen LogP contribution in [0.4, 0.5) is 4.79 Å². The normalized spacial score (nSPS) is 25.4. The van der Waals surface area contributed by atoms with Crippen molar-refractivity contribution in [3.05, 3.63) is 71.3 Å². The highest BCUT2D eigenvalue weighted by Gasteiger charge is 2.46. The minimum Gasteiger partial charge on any atom is -0.438 e. The highest BCUT2D eigenvalue weighted by Crippen LogP contribution is 2.42. The number of piperidine rings is 1. The van der Waals surface area contributed by atoms with Gasteiger partial charge in [-0.05, 0) is 69.1 Å². The summed E-state index contributed by atoms with van der Waals surface area (Å²) in [6.45, 7) is 8.34. The molecule has 0 bridgehead atoms. The lowest BCUT2D eigenvalue weighted by Crippen LogP contribution is -2.51. The number of likely N-dealkylation sites (tertiary alicyclic amines) is 1. The number of aliphatic hydroxyl groups is 1. The van der Waals surface area contributed by atoms with Crippen molar-refractivity contribution in [1.29, 1.82) is 0 Å². The van der Waals surface area contributed by atoms with Crippen molar-refractivity contribution in [3.63, 3.8) is 0 Å². The van der Waals surface area contributed by atoms with Crippen LogP contribution in [-0.2, 0) is 19.9 Å². The Morgan fingerprint density at radius 1 is 1.05 bits per heavy atom. The van der Waals surface area contributed by atoms with Crippen molar-refractivity contribution in [2.45, 2.75) is 88.6 Å². The summed E-state index contributed by atoms with van der Waals surface area (Å²) in [5.74, 6) is 0.582. The van der Waals surface area contributed by atoms with Crippen molar-refractivity contribution in [1.82, 2.24) is 9.80 Å². The Morgan fingerprint density at radius 2 is 1.74 bits per heavy atom. The summed E-state index contributed by atoms with van der Waals surface area (Å²) in [5, 5.41) is 10.6. The lowest BCUT2D eigenvalue weighted by atomic mass is 9.80. The molecule has 7 heteroatoms. The van der Waals surface area contributed by atoms with Crippen LogP contribution >= 0.6 is 0 Å². The van der Waals surface area contributed by atoms with E-state index < -0.39 is 11.2 Å². The van der Waals surface area contributed by atoms with Crippen LogP contribution in [0.5, 0.6) is 0 Å². The van der Waals surface area contributed by atoms with Gasteiger partial charge in [0.05, 0.1) is 11.6 Å². The van der Waals surface area contributed by atoms with Gasteiger partial charge in [-0.15, -0.1) is 0 Å². The molecule has 0 aliphatic carbocycles. The molecule has 210 valence electrons. The number of nitrogens with zero attached hydrogens (tertiary/aromatic N) is 2. The summed E-state index contributed by atoms with van der Waals surface area (Å²) in [6, 6.07) is 18.2. The van der Waals surface area contributed by atoms with Crippen molar-refractivity contribution in [2.75, 3.05) is 26.2 Å². The maximum absolute atomic E-state index is 13.4. The first-order valence-corrected chi connectivity index (χ1v) is 14.4. The zero-order valence-corrected chi connectivity index (χ0v) is 23.5. The second kappa shape index (κ2) is 11.3. The van der Waals surface area contributed by atoms with Gasteiger partial charge < -0.3 is 24.4 Å². The quantitative estimate of drug-likeness (QED) is 0.505. The molecule has 3 atom stereocenters. The maximum atomic E-state index is 13.4. The predicted octanol–water partition coefficient (Wildman–Crippen LogP) is 5.53. The lowest BCUT2D eigenvalue weighted by molar-refractivity contribution is -0.142. The molecular formula is C32H42N2O5. The highest BCUT2D eigenvalue weighted by atomic mass is 16.6. The van der Waals surface area contributed by atoms with Crippen LogP contribution in [0.2, 0.25) is 0 Å². The van der Waals surface area contributed by atoms with Gasteiger partial charge in [-0.3, -0.25) is 4.79 Å².